The smallest absolute Gasteiger partial charge is 0.239 e. The van der Waals surface area contributed by atoms with Gasteiger partial charge in [-0.15, -0.1) is 0 Å². The Balaban J connectivity index is 1.32. The van der Waals surface area contributed by atoms with Crippen molar-refractivity contribution < 1.29 is 4.39 Å². The molecule has 3 aliphatic heterocycles. The lowest BCUT2D eigenvalue weighted by Crippen LogP contribution is -2.46. The Bertz CT molecular complexity index is 510. The second-order valence-electron chi connectivity index (χ2n) is 7.02. The minimum absolute atomic E-state index is 0.452. The van der Waals surface area contributed by atoms with Crippen molar-refractivity contribution in [2.45, 2.75) is 50.7 Å². The molecule has 0 aromatic carbocycles. The van der Waals surface area contributed by atoms with Crippen molar-refractivity contribution in [1.82, 2.24) is 14.3 Å². The molecule has 7 heteroatoms. The van der Waals surface area contributed by atoms with E-state index in [0.29, 0.717) is 13.0 Å². The first kappa shape index (κ1) is 15.6. The van der Waals surface area contributed by atoms with E-state index in [-0.39, 0.29) is 0 Å². The Morgan fingerprint density at radius 2 is 1.65 bits per heavy atom. The molecule has 3 fully saturated rings. The van der Waals surface area contributed by atoms with Crippen LogP contribution in [-0.4, -0.2) is 65.7 Å². The van der Waals surface area contributed by atoms with Crippen molar-refractivity contribution in [3.8, 4) is 0 Å². The second-order valence-corrected chi connectivity index (χ2v) is 7.75. The van der Waals surface area contributed by atoms with Crippen LogP contribution in [0.25, 0.3) is 0 Å². The summed E-state index contributed by atoms with van der Waals surface area (Å²) in [4.78, 5) is 11.7. The van der Waals surface area contributed by atoms with Gasteiger partial charge in [-0.1, -0.05) is 6.42 Å². The molecule has 1 aromatic heterocycles. The first-order chi connectivity index (χ1) is 11.3. The van der Waals surface area contributed by atoms with Gasteiger partial charge in [-0.3, -0.25) is 0 Å². The molecule has 0 saturated carbocycles. The van der Waals surface area contributed by atoms with Gasteiger partial charge in [0.15, 0.2) is 0 Å². The van der Waals surface area contributed by atoms with E-state index in [4.69, 9.17) is 0 Å². The normalized spacial score (nSPS) is 27.8. The van der Waals surface area contributed by atoms with Crippen LogP contribution in [0, 0.1) is 0 Å². The number of alkyl halides is 1. The fourth-order valence-corrected chi connectivity index (χ4v) is 4.81. The summed E-state index contributed by atoms with van der Waals surface area (Å²) in [7, 11) is 0. The first-order valence-electron chi connectivity index (χ1n) is 9.01. The van der Waals surface area contributed by atoms with E-state index >= 15 is 0 Å². The van der Waals surface area contributed by atoms with Gasteiger partial charge in [-0.05, 0) is 45.2 Å². The molecule has 4 rings (SSSR count). The van der Waals surface area contributed by atoms with Gasteiger partial charge >= 0.3 is 0 Å². The number of likely N-dealkylation sites (tertiary alicyclic amines) is 1. The van der Waals surface area contributed by atoms with Crippen molar-refractivity contribution >= 4 is 22.6 Å². The molecular weight excluding hydrogens is 313 g/mol. The minimum atomic E-state index is -0.720. The van der Waals surface area contributed by atoms with Gasteiger partial charge in [-0.2, -0.15) is 9.36 Å². The van der Waals surface area contributed by atoms with E-state index in [1.54, 1.807) is 0 Å². The van der Waals surface area contributed by atoms with Crippen LogP contribution in [0.1, 0.15) is 38.5 Å². The predicted octanol–water partition coefficient (Wildman–Crippen LogP) is 2.54. The van der Waals surface area contributed by atoms with Crippen molar-refractivity contribution in [1.29, 1.82) is 0 Å². The molecule has 1 aromatic rings. The van der Waals surface area contributed by atoms with Gasteiger partial charge < -0.3 is 14.7 Å². The zero-order chi connectivity index (χ0) is 15.6. The topological polar surface area (TPSA) is 35.5 Å². The van der Waals surface area contributed by atoms with Crippen LogP contribution in [0.3, 0.4) is 0 Å². The highest BCUT2D eigenvalue weighted by atomic mass is 32.1. The van der Waals surface area contributed by atoms with E-state index < -0.39 is 6.17 Å². The van der Waals surface area contributed by atoms with Crippen LogP contribution >= 0.6 is 11.5 Å². The highest BCUT2D eigenvalue weighted by molar-refractivity contribution is 7.09. The number of rotatable bonds is 3. The maximum Gasteiger partial charge on any atom is 0.239 e. The Kier molecular flexibility index (Phi) is 4.66. The van der Waals surface area contributed by atoms with Crippen LogP contribution in [0.2, 0.25) is 0 Å². The lowest BCUT2D eigenvalue weighted by atomic mass is 10.0. The second kappa shape index (κ2) is 6.89. The lowest BCUT2D eigenvalue weighted by Gasteiger charge is -2.40. The van der Waals surface area contributed by atoms with E-state index in [9.17, 15) is 4.39 Å². The Morgan fingerprint density at radius 1 is 0.913 bits per heavy atom. The first-order valence-corrected chi connectivity index (χ1v) is 9.78. The third-order valence-electron chi connectivity index (χ3n) is 5.46. The fraction of sp³-hybridized carbons (Fsp3) is 0.875. The molecule has 0 unspecified atom stereocenters. The van der Waals surface area contributed by atoms with E-state index in [2.05, 4.69) is 19.2 Å². The monoisotopic (exact) mass is 339 g/mol. The van der Waals surface area contributed by atoms with Crippen molar-refractivity contribution in [2.75, 3.05) is 49.1 Å². The molecular formula is C16H26FN5S. The van der Waals surface area contributed by atoms with Gasteiger partial charge in [0.2, 0.25) is 11.1 Å². The zero-order valence-corrected chi connectivity index (χ0v) is 14.5. The number of nitrogens with zero attached hydrogens (tertiary/aromatic N) is 5. The predicted molar refractivity (Wildman–Crippen MR) is 92.3 cm³/mol. The van der Waals surface area contributed by atoms with Crippen molar-refractivity contribution in [3.05, 3.63) is 0 Å². The largest absolute Gasteiger partial charge is 0.347 e. The molecule has 0 aliphatic carbocycles. The van der Waals surface area contributed by atoms with Crippen LogP contribution in [0.15, 0.2) is 0 Å². The number of aromatic nitrogens is 2. The molecule has 1 atom stereocenters. The third kappa shape index (κ3) is 3.45. The average molecular weight is 339 g/mol. The third-order valence-corrected chi connectivity index (χ3v) is 6.23. The molecule has 0 radical (unpaired) electrons. The summed E-state index contributed by atoms with van der Waals surface area (Å²) in [6.07, 6.45) is 6.48. The zero-order valence-electron chi connectivity index (χ0n) is 13.7. The molecule has 0 N–H and O–H groups in total. The average Bonchev–Trinajstić information content (AvgIpc) is 3.25. The quantitative estimate of drug-likeness (QED) is 0.846. The number of hydrogen-bond acceptors (Lipinski definition) is 6. The number of hydrogen-bond donors (Lipinski definition) is 0. The maximum atomic E-state index is 13.3. The molecule has 23 heavy (non-hydrogen) atoms. The number of halogens is 1. The lowest BCUT2D eigenvalue weighted by molar-refractivity contribution is 0.141. The molecule has 4 heterocycles. The van der Waals surface area contributed by atoms with Gasteiger partial charge in [0.05, 0.1) is 6.54 Å². The van der Waals surface area contributed by atoms with E-state index in [1.165, 1.54) is 56.7 Å². The summed E-state index contributed by atoms with van der Waals surface area (Å²) in [5.74, 6) is 0.725. The van der Waals surface area contributed by atoms with Gasteiger partial charge in [0.25, 0.3) is 0 Å². The summed E-state index contributed by atoms with van der Waals surface area (Å²) in [5, 5.41) is 1.01. The highest BCUT2D eigenvalue weighted by Crippen LogP contribution is 2.29. The standard InChI is InChI=1S/C16H26FN5S/c17-13-4-9-22(12-13)15-18-16(23-19-15)21-10-5-14(6-11-21)20-7-2-1-3-8-20/h13-14H,1-12H2/t13-/m0/s1. The van der Waals surface area contributed by atoms with Crippen molar-refractivity contribution in [3.63, 3.8) is 0 Å². The molecule has 128 valence electrons. The Labute approximate surface area is 141 Å². The van der Waals surface area contributed by atoms with Gasteiger partial charge in [0.1, 0.15) is 6.17 Å². The van der Waals surface area contributed by atoms with E-state index in [0.717, 1.165) is 36.8 Å². The Morgan fingerprint density at radius 3 is 2.35 bits per heavy atom. The summed E-state index contributed by atoms with van der Waals surface area (Å²) in [6.45, 7) is 5.91. The SMILES string of the molecule is F[C@H]1CCN(c2nsc(N3CCC(N4CCCCC4)CC3)n2)C1. The van der Waals surface area contributed by atoms with Crippen LogP contribution in [-0.2, 0) is 0 Å². The van der Waals surface area contributed by atoms with Crippen LogP contribution < -0.4 is 9.80 Å². The summed E-state index contributed by atoms with van der Waals surface area (Å²) < 4.78 is 17.8. The van der Waals surface area contributed by atoms with E-state index in [1.807, 2.05) is 4.90 Å². The summed E-state index contributed by atoms with van der Waals surface area (Å²) in [5.41, 5.74) is 0. The van der Waals surface area contributed by atoms with Gasteiger partial charge in [0, 0.05) is 37.2 Å². The maximum absolute atomic E-state index is 13.3. The summed E-state index contributed by atoms with van der Waals surface area (Å²) in [6, 6.07) is 0.754. The number of anilines is 2. The van der Waals surface area contributed by atoms with Gasteiger partial charge in [-0.25, -0.2) is 4.39 Å². The highest BCUT2D eigenvalue weighted by Gasteiger charge is 2.29. The molecule has 3 aliphatic rings. The van der Waals surface area contributed by atoms with Crippen LogP contribution in [0.5, 0.6) is 0 Å². The summed E-state index contributed by atoms with van der Waals surface area (Å²) >= 11 is 1.47. The molecule has 0 spiro atoms. The number of piperidine rings is 2. The van der Waals surface area contributed by atoms with Crippen molar-refractivity contribution in [2.24, 2.45) is 0 Å². The molecule has 5 nitrogen and oxygen atoms in total. The molecule has 0 bridgehead atoms. The molecule has 0 amide bonds. The minimum Gasteiger partial charge on any atom is -0.347 e. The fourth-order valence-electron chi connectivity index (χ4n) is 4.07. The molecule has 3 saturated heterocycles. The Hall–Kier alpha value is -0.950. The van der Waals surface area contributed by atoms with Crippen LogP contribution in [0.4, 0.5) is 15.5 Å².